The van der Waals surface area contributed by atoms with E-state index in [9.17, 15) is 4.79 Å². The van der Waals surface area contributed by atoms with Gasteiger partial charge in [-0.1, -0.05) is 13.3 Å². The number of nitrogen functional groups attached to an aromatic ring is 1. The van der Waals surface area contributed by atoms with Crippen molar-refractivity contribution in [3.63, 3.8) is 0 Å². The van der Waals surface area contributed by atoms with E-state index in [1.54, 1.807) is 11.0 Å². The summed E-state index contributed by atoms with van der Waals surface area (Å²) in [5, 5.41) is 0. The number of aromatic nitrogens is 1. The molecular weight excluding hydrogens is 268 g/mol. The standard InChI is InChI=1S/C15H24N4O2/c1-4-5-12-8-11(9-14(17-12)18-16)15(20)19(3)13-6-7-21-10(13)2/h8-10,13H,4-7,16H2,1-3H3,(H,17,18). The lowest BCUT2D eigenvalue weighted by Gasteiger charge is -2.27. The molecule has 1 amide bonds. The number of carbonyl (C=O) groups excluding carboxylic acids is 1. The van der Waals surface area contributed by atoms with Gasteiger partial charge in [0.15, 0.2) is 0 Å². The van der Waals surface area contributed by atoms with Gasteiger partial charge in [0.05, 0.1) is 12.1 Å². The van der Waals surface area contributed by atoms with Crippen LogP contribution in [0.2, 0.25) is 0 Å². The van der Waals surface area contributed by atoms with E-state index in [0.29, 0.717) is 18.0 Å². The molecule has 6 nitrogen and oxygen atoms in total. The fourth-order valence-corrected chi connectivity index (χ4v) is 2.75. The quantitative estimate of drug-likeness (QED) is 0.636. The first-order valence-corrected chi connectivity index (χ1v) is 7.43. The molecule has 1 aliphatic rings. The summed E-state index contributed by atoms with van der Waals surface area (Å²) in [6, 6.07) is 3.66. The van der Waals surface area contributed by atoms with Gasteiger partial charge in [-0.15, -0.1) is 0 Å². The van der Waals surface area contributed by atoms with Crippen LogP contribution < -0.4 is 11.3 Å². The monoisotopic (exact) mass is 292 g/mol. The number of amides is 1. The zero-order valence-electron chi connectivity index (χ0n) is 12.9. The van der Waals surface area contributed by atoms with E-state index in [1.165, 1.54) is 0 Å². The van der Waals surface area contributed by atoms with Crippen LogP contribution in [0.3, 0.4) is 0 Å². The minimum Gasteiger partial charge on any atom is -0.376 e. The third kappa shape index (κ3) is 3.51. The molecule has 0 aromatic carbocycles. The molecule has 0 aliphatic carbocycles. The SMILES string of the molecule is CCCc1cc(C(=O)N(C)C2CCOC2C)cc(NN)n1. The van der Waals surface area contributed by atoms with Crippen LogP contribution in [0.25, 0.3) is 0 Å². The Kier molecular flexibility index (Phi) is 5.14. The average Bonchev–Trinajstić information content (AvgIpc) is 2.91. The maximum atomic E-state index is 12.7. The van der Waals surface area contributed by atoms with E-state index in [-0.39, 0.29) is 18.1 Å². The number of hydrazine groups is 1. The van der Waals surface area contributed by atoms with Crippen molar-refractivity contribution in [2.24, 2.45) is 5.84 Å². The first kappa shape index (κ1) is 15.7. The fourth-order valence-electron chi connectivity index (χ4n) is 2.75. The topological polar surface area (TPSA) is 80.5 Å². The Balaban J connectivity index is 2.23. The summed E-state index contributed by atoms with van der Waals surface area (Å²) in [4.78, 5) is 18.8. The Bertz CT molecular complexity index is 506. The minimum atomic E-state index is -0.0198. The maximum absolute atomic E-state index is 12.7. The zero-order chi connectivity index (χ0) is 15.4. The second-order valence-electron chi connectivity index (χ2n) is 5.47. The van der Waals surface area contributed by atoms with Gasteiger partial charge in [0.1, 0.15) is 5.82 Å². The molecule has 2 heterocycles. The van der Waals surface area contributed by atoms with Crippen molar-refractivity contribution >= 4 is 11.7 Å². The summed E-state index contributed by atoms with van der Waals surface area (Å²) in [6.07, 6.45) is 2.74. The van der Waals surface area contributed by atoms with Crippen molar-refractivity contribution < 1.29 is 9.53 Å². The Morgan fingerprint density at radius 1 is 1.57 bits per heavy atom. The molecule has 0 spiro atoms. The van der Waals surface area contributed by atoms with Gasteiger partial charge in [-0.2, -0.15) is 0 Å². The van der Waals surface area contributed by atoms with Gasteiger partial charge >= 0.3 is 0 Å². The summed E-state index contributed by atoms with van der Waals surface area (Å²) in [7, 11) is 1.83. The third-order valence-electron chi connectivity index (χ3n) is 3.93. The van der Waals surface area contributed by atoms with Crippen LogP contribution in [-0.2, 0) is 11.2 Å². The van der Waals surface area contributed by atoms with Crippen LogP contribution in [0.1, 0.15) is 42.7 Å². The van der Waals surface area contributed by atoms with Gasteiger partial charge in [-0.3, -0.25) is 4.79 Å². The number of aryl methyl sites for hydroxylation is 1. The van der Waals surface area contributed by atoms with Crippen molar-refractivity contribution in [1.29, 1.82) is 0 Å². The number of anilines is 1. The highest BCUT2D eigenvalue weighted by atomic mass is 16.5. The second kappa shape index (κ2) is 6.87. The molecule has 1 aromatic rings. The highest BCUT2D eigenvalue weighted by Crippen LogP contribution is 2.21. The zero-order valence-corrected chi connectivity index (χ0v) is 12.9. The summed E-state index contributed by atoms with van der Waals surface area (Å²) >= 11 is 0. The molecule has 1 fully saturated rings. The molecule has 6 heteroatoms. The lowest BCUT2D eigenvalue weighted by Crippen LogP contribution is -2.41. The molecular formula is C15H24N4O2. The molecule has 0 bridgehead atoms. The van der Waals surface area contributed by atoms with Crippen molar-refractivity contribution in [2.75, 3.05) is 19.1 Å². The van der Waals surface area contributed by atoms with E-state index < -0.39 is 0 Å². The average molecular weight is 292 g/mol. The molecule has 116 valence electrons. The molecule has 3 N–H and O–H groups in total. The molecule has 0 radical (unpaired) electrons. The Labute approximate surface area is 125 Å². The number of nitrogens with zero attached hydrogens (tertiary/aromatic N) is 2. The molecule has 2 unspecified atom stereocenters. The van der Waals surface area contributed by atoms with Gasteiger partial charge in [-0.05, 0) is 31.9 Å². The Hall–Kier alpha value is -1.66. The third-order valence-corrected chi connectivity index (χ3v) is 3.93. The molecule has 21 heavy (non-hydrogen) atoms. The van der Waals surface area contributed by atoms with E-state index in [2.05, 4.69) is 17.3 Å². The Morgan fingerprint density at radius 3 is 2.90 bits per heavy atom. The molecule has 1 saturated heterocycles. The number of ether oxygens (including phenoxy) is 1. The normalized spacial score (nSPS) is 21.3. The van der Waals surface area contributed by atoms with Crippen LogP contribution in [0.5, 0.6) is 0 Å². The van der Waals surface area contributed by atoms with Gasteiger partial charge in [0.2, 0.25) is 0 Å². The van der Waals surface area contributed by atoms with E-state index >= 15 is 0 Å². The first-order valence-electron chi connectivity index (χ1n) is 7.43. The van der Waals surface area contributed by atoms with Gasteiger partial charge in [0.25, 0.3) is 5.91 Å². The van der Waals surface area contributed by atoms with Crippen molar-refractivity contribution in [3.8, 4) is 0 Å². The predicted octanol–water partition coefficient (Wildman–Crippen LogP) is 1.57. The second-order valence-corrected chi connectivity index (χ2v) is 5.47. The number of likely N-dealkylation sites (N-methyl/N-ethyl adjacent to an activating group) is 1. The number of nitrogens with one attached hydrogen (secondary N) is 1. The Morgan fingerprint density at radius 2 is 2.33 bits per heavy atom. The van der Waals surface area contributed by atoms with Crippen LogP contribution in [0.4, 0.5) is 5.82 Å². The van der Waals surface area contributed by atoms with E-state index in [1.807, 2.05) is 20.0 Å². The summed E-state index contributed by atoms with van der Waals surface area (Å²) < 4.78 is 5.54. The first-order chi connectivity index (χ1) is 10.1. The minimum absolute atomic E-state index is 0.0198. The summed E-state index contributed by atoms with van der Waals surface area (Å²) in [6.45, 7) is 4.79. The molecule has 0 saturated carbocycles. The van der Waals surface area contributed by atoms with Crippen molar-refractivity contribution in [2.45, 2.75) is 45.3 Å². The summed E-state index contributed by atoms with van der Waals surface area (Å²) in [5.41, 5.74) is 4.02. The van der Waals surface area contributed by atoms with Crippen LogP contribution in [0, 0.1) is 0 Å². The largest absolute Gasteiger partial charge is 0.376 e. The number of rotatable bonds is 5. The predicted molar refractivity (Wildman–Crippen MR) is 82.0 cm³/mol. The van der Waals surface area contributed by atoms with Gasteiger partial charge in [-0.25, -0.2) is 10.8 Å². The lowest BCUT2D eigenvalue weighted by molar-refractivity contribution is 0.0574. The van der Waals surface area contributed by atoms with Crippen LogP contribution >= 0.6 is 0 Å². The summed E-state index contributed by atoms with van der Waals surface area (Å²) in [5.74, 6) is 5.95. The number of hydrogen-bond acceptors (Lipinski definition) is 5. The highest BCUT2D eigenvalue weighted by Gasteiger charge is 2.31. The van der Waals surface area contributed by atoms with Crippen molar-refractivity contribution in [3.05, 3.63) is 23.4 Å². The lowest BCUT2D eigenvalue weighted by atomic mass is 10.1. The number of carbonyl (C=O) groups is 1. The molecule has 1 aromatic heterocycles. The van der Waals surface area contributed by atoms with Crippen molar-refractivity contribution in [1.82, 2.24) is 9.88 Å². The van der Waals surface area contributed by atoms with Gasteiger partial charge < -0.3 is 15.1 Å². The van der Waals surface area contributed by atoms with Crippen LogP contribution in [-0.4, -0.2) is 41.6 Å². The number of nitrogens with two attached hydrogens (primary N) is 1. The number of hydrogen-bond donors (Lipinski definition) is 2. The number of pyridine rings is 1. The van der Waals surface area contributed by atoms with E-state index in [0.717, 1.165) is 25.0 Å². The molecule has 2 rings (SSSR count). The highest BCUT2D eigenvalue weighted by molar-refractivity contribution is 5.95. The maximum Gasteiger partial charge on any atom is 0.254 e. The van der Waals surface area contributed by atoms with Gasteiger partial charge in [0, 0.05) is 24.9 Å². The molecule has 1 aliphatic heterocycles. The van der Waals surface area contributed by atoms with E-state index in [4.69, 9.17) is 10.6 Å². The fraction of sp³-hybridized carbons (Fsp3) is 0.600. The molecule has 2 atom stereocenters. The van der Waals surface area contributed by atoms with Crippen LogP contribution in [0.15, 0.2) is 12.1 Å². The smallest absolute Gasteiger partial charge is 0.254 e.